The maximum absolute atomic E-state index is 11.7. The van der Waals surface area contributed by atoms with Gasteiger partial charge in [-0.3, -0.25) is 4.79 Å². The van der Waals surface area contributed by atoms with Crippen molar-refractivity contribution in [3.05, 3.63) is 0 Å². The molecule has 0 aromatic carbocycles. The molecule has 0 saturated carbocycles. The zero-order valence-corrected chi connectivity index (χ0v) is 9.92. The van der Waals surface area contributed by atoms with Crippen LogP contribution in [0.25, 0.3) is 0 Å². The van der Waals surface area contributed by atoms with Gasteiger partial charge in [0.15, 0.2) is 0 Å². The molecule has 0 bridgehead atoms. The Hall–Kier alpha value is -0.610. The molecule has 0 spiro atoms. The summed E-state index contributed by atoms with van der Waals surface area (Å²) in [5.41, 5.74) is 0.0603. The van der Waals surface area contributed by atoms with Gasteiger partial charge in [-0.1, -0.05) is 0 Å². The Labute approximate surface area is 91.6 Å². The molecule has 0 unspecified atom stereocenters. The third-order valence-electron chi connectivity index (χ3n) is 2.51. The van der Waals surface area contributed by atoms with Crippen molar-refractivity contribution in [2.45, 2.75) is 45.3 Å². The lowest BCUT2D eigenvalue weighted by atomic mass is 10.1. The van der Waals surface area contributed by atoms with Crippen LogP contribution in [0, 0.1) is 0 Å². The van der Waals surface area contributed by atoms with E-state index in [0.29, 0.717) is 26.1 Å². The van der Waals surface area contributed by atoms with Crippen molar-refractivity contribution in [3.63, 3.8) is 0 Å². The van der Waals surface area contributed by atoms with E-state index < -0.39 is 0 Å². The summed E-state index contributed by atoms with van der Waals surface area (Å²) >= 11 is 0. The van der Waals surface area contributed by atoms with Crippen molar-refractivity contribution in [2.24, 2.45) is 0 Å². The molecule has 88 valence electrons. The number of aliphatic hydroxyl groups excluding tert-OH is 1. The van der Waals surface area contributed by atoms with Crippen LogP contribution in [0.5, 0.6) is 0 Å². The van der Waals surface area contributed by atoms with Crippen LogP contribution in [-0.2, 0) is 4.79 Å². The Morgan fingerprint density at radius 1 is 1.53 bits per heavy atom. The topological polar surface area (TPSA) is 52.6 Å². The van der Waals surface area contributed by atoms with Crippen LogP contribution in [0.1, 0.15) is 33.6 Å². The molecule has 0 radical (unpaired) electrons. The summed E-state index contributed by atoms with van der Waals surface area (Å²) in [5, 5.41) is 12.6. The molecule has 0 aromatic rings. The first-order valence-electron chi connectivity index (χ1n) is 5.59. The molecule has 4 nitrogen and oxygen atoms in total. The summed E-state index contributed by atoms with van der Waals surface area (Å²) < 4.78 is 0. The van der Waals surface area contributed by atoms with Crippen LogP contribution >= 0.6 is 0 Å². The smallest absolute Gasteiger partial charge is 0.223 e. The van der Waals surface area contributed by atoms with E-state index in [-0.39, 0.29) is 17.6 Å². The second-order valence-electron chi connectivity index (χ2n) is 5.21. The molecule has 1 amide bonds. The van der Waals surface area contributed by atoms with E-state index in [4.69, 9.17) is 0 Å². The van der Waals surface area contributed by atoms with E-state index in [1.54, 1.807) is 4.90 Å². The highest BCUT2D eigenvalue weighted by Gasteiger charge is 2.24. The van der Waals surface area contributed by atoms with Gasteiger partial charge in [-0.2, -0.15) is 0 Å². The average Bonchev–Trinajstić information content (AvgIpc) is 2.49. The Kier molecular flexibility index (Phi) is 4.11. The predicted molar refractivity (Wildman–Crippen MR) is 59.6 cm³/mol. The molecule has 0 aromatic heterocycles. The Morgan fingerprint density at radius 2 is 2.20 bits per heavy atom. The lowest BCUT2D eigenvalue weighted by Crippen LogP contribution is -2.39. The van der Waals surface area contributed by atoms with E-state index in [2.05, 4.69) is 26.1 Å². The molecule has 1 aliphatic rings. The van der Waals surface area contributed by atoms with Gasteiger partial charge in [0.2, 0.25) is 5.91 Å². The lowest BCUT2D eigenvalue weighted by molar-refractivity contribution is -0.130. The van der Waals surface area contributed by atoms with Crippen molar-refractivity contribution in [1.29, 1.82) is 0 Å². The minimum Gasteiger partial charge on any atom is -0.391 e. The van der Waals surface area contributed by atoms with Gasteiger partial charge in [-0.05, 0) is 27.2 Å². The second-order valence-corrected chi connectivity index (χ2v) is 5.21. The number of rotatable bonds is 3. The van der Waals surface area contributed by atoms with Gasteiger partial charge in [0.1, 0.15) is 0 Å². The van der Waals surface area contributed by atoms with Crippen molar-refractivity contribution in [2.75, 3.05) is 19.6 Å². The Morgan fingerprint density at radius 3 is 2.67 bits per heavy atom. The number of carbonyl (C=O) groups is 1. The van der Waals surface area contributed by atoms with Crippen LogP contribution < -0.4 is 5.32 Å². The summed E-state index contributed by atoms with van der Waals surface area (Å²) in [7, 11) is 0. The molecule has 1 heterocycles. The van der Waals surface area contributed by atoms with E-state index in [9.17, 15) is 9.90 Å². The minimum atomic E-state index is -0.315. The van der Waals surface area contributed by atoms with E-state index in [1.165, 1.54) is 0 Å². The zero-order chi connectivity index (χ0) is 11.5. The monoisotopic (exact) mass is 214 g/mol. The highest BCUT2D eigenvalue weighted by atomic mass is 16.3. The fraction of sp³-hybridized carbons (Fsp3) is 0.909. The second kappa shape index (κ2) is 4.94. The Bertz CT molecular complexity index is 223. The summed E-state index contributed by atoms with van der Waals surface area (Å²) in [4.78, 5) is 13.4. The third-order valence-corrected chi connectivity index (χ3v) is 2.51. The quantitative estimate of drug-likeness (QED) is 0.713. The molecule has 1 rings (SSSR count). The fourth-order valence-electron chi connectivity index (χ4n) is 1.67. The fourth-order valence-corrected chi connectivity index (χ4v) is 1.67. The van der Waals surface area contributed by atoms with Crippen LogP contribution in [0.2, 0.25) is 0 Å². The van der Waals surface area contributed by atoms with Gasteiger partial charge in [0, 0.05) is 31.6 Å². The first-order chi connectivity index (χ1) is 6.88. The normalized spacial score (nSPS) is 22.1. The summed E-state index contributed by atoms with van der Waals surface area (Å²) in [6, 6.07) is 0. The molecule has 1 aliphatic heterocycles. The molecule has 0 aliphatic carbocycles. The number of hydrogen-bond acceptors (Lipinski definition) is 3. The van der Waals surface area contributed by atoms with Crippen LogP contribution in [0.4, 0.5) is 0 Å². The molecule has 4 heteroatoms. The standard InChI is InChI=1S/C11H22N2O2/c1-11(2,3)12-6-4-10(15)13-7-5-9(14)8-13/h9,12,14H,4-8H2,1-3H3/t9-/m1/s1. The SMILES string of the molecule is CC(C)(C)NCCC(=O)N1CC[C@@H](O)C1. The summed E-state index contributed by atoms with van der Waals surface area (Å²) in [6.07, 6.45) is 0.923. The van der Waals surface area contributed by atoms with E-state index >= 15 is 0 Å². The maximum Gasteiger partial charge on any atom is 0.223 e. The van der Waals surface area contributed by atoms with Gasteiger partial charge in [0.05, 0.1) is 6.10 Å². The number of hydrogen-bond donors (Lipinski definition) is 2. The zero-order valence-electron chi connectivity index (χ0n) is 9.92. The number of likely N-dealkylation sites (tertiary alicyclic amines) is 1. The lowest BCUT2D eigenvalue weighted by Gasteiger charge is -2.21. The number of aliphatic hydroxyl groups is 1. The molecule has 15 heavy (non-hydrogen) atoms. The van der Waals surface area contributed by atoms with Gasteiger partial charge in [0.25, 0.3) is 0 Å². The van der Waals surface area contributed by atoms with Crippen molar-refractivity contribution in [3.8, 4) is 0 Å². The molecule has 1 fully saturated rings. The molecular formula is C11H22N2O2. The largest absolute Gasteiger partial charge is 0.391 e. The first-order valence-corrected chi connectivity index (χ1v) is 5.59. The average molecular weight is 214 g/mol. The van der Waals surface area contributed by atoms with Crippen LogP contribution in [-0.4, -0.2) is 47.2 Å². The van der Waals surface area contributed by atoms with E-state index in [1.807, 2.05) is 0 Å². The first kappa shape index (κ1) is 12.5. The molecule has 1 atom stereocenters. The summed E-state index contributed by atoms with van der Waals surface area (Å²) in [5.74, 6) is 0.142. The van der Waals surface area contributed by atoms with Gasteiger partial charge in [-0.15, -0.1) is 0 Å². The third kappa shape index (κ3) is 4.62. The maximum atomic E-state index is 11.7. The number of β-amino-alcohol motifs (C(OH)–C–C–N with tert-alkyl or cyclic N) is 1. The van der Waals surface area contributed by atoms with Crippen LogP contribution in [0.3, 0.4) is 0 Å². The summed E-state index contributed by atoms with van der Waals surface area (Å²) in [6.45, 7) is 8.16. The Balaban J connectivity index is 2.19. The molecule has 2 N–H and O–H groups in total. The van der Waals surface area contributed by atoms with Gasteiger partial charge < -0.3 is 15.3 Å². The minimum absolute atomic E-state index is 0.0603. The number of amides is 1. The highest BCUT2D eigenvalue weighted by Crippen LogP contribution is 2.10. The van der Waals surface area contributed by atoms with Crippen molar-refractivity contribution >= 4 is 5.91 Å². The number of nitrogens with one attached hydrogen (secondary N) is 1. The predicted octanol–water partition coefficient (Wildman–Crippen LogP) is 0.358. The van der Waals surface area contributed by atoms with E-state index in [0.717, 1.165) is 6.42 Å². The molecule has 1 saturated heterocycles. The van der Waals surface area contributed by atoms with Crippen LogP contribution in [0.15, 0.2) is 0 Å². The number of nitrogens with zero attached hydrogens (tertiary/aromatic N) is 1. The van der Waals surface area contributed by atoms with Crippen molar-refractivity contribution < 1.29 is 9.90 Å². The van der Waals surface area contributed by atoms with Crippen molar-refractivity contribution in [1.82, 2.24) is 10.2 Å². The van der Waals surface area contributed by atoms with Gasteiger partial charge >= 0.3 is 0 Å². The van der Waals surface area contributed by atoms with Gasteiger partial charge in [-0.25, -0.2) is 0 Å². The highest BCUT2D eigenvalue weighted by molar-refractivity contribution is 5.76. The number of carbonyl (C=O) groups excluding carboxylic acids is 1. The molecular weight excluding hydrogens is 192 g/mol.